The number of nitrogens with one attached hydrogen (secondary N) is 1. The highest BCUT2D eigenvalue weighted by Crippen LogP contribution is 1.97. The second-order valence-corrected chi connectivity index (χ2v) is 2.65. The van der Waals surface area contributed by atoms with Gasteiger partial charge in [0.1, 0.15) is 0 Å². The van der Waals surface area contributed by atoms with Crippen LogP contribution >= 0.6 is 0 Å². The first-order chi connectivity index (χ1) is 5.33. The van der Waals surface area contributed by atoms with E-state index in [4.69, 9.17) is 5.73 Å². The van der Waals surface area contributed by atoms with Gasteiger partial charge in [-0.05, 0) is 11.6 Å². The van der Waals surface area contributed by atoms with E-state index in [9.17, 15) is 0 Å². The lowest BCUT2D eigenvalue weighted by Gasteiger charge is -1.98. The predicted octanol–water partition coefficient (Wildman–Crippen LogP) is 0.0734. The molecule has 3 heteroatoms. The highest BCUT2D eigenvalue weighted by atomic mass is 14.9. The van der Waals surface area contributed by atoms with Gasteiger partial charge in [0, 0.05) is 39.1 Å². The molecule has 0 aromatic carbocycles. The van der Waals surface area contributed by atoms with E-state index in [0.717, 1.165) is 13.1 Å². The number of nitrogens with zero attached hydrogens (tertiary/aromatic N) is 1. The highest BCUT2D eigenvalue weighted by molar-refractivity contribution is 5.09. The molecule has 0 aliphatic heterocycles. The van der Waals surface area contributed by atoms with Gasteiger partial charge in [0.2, 0.25) is 0 Å². The Labute approximate surface area is 67.2 Å². The summed E-state index contributed by atoms with van der Waals surface area (Å²) in [6.07, 6.45) is 4.14. The molecule has 0 aliphatic rings. The molecule has 0 saturated heterocycles. The minimum absolute atomic E-state index is 0.701. The van der Waals surface area contributed by atoms with Gasteiger partial charge < -0.3 is 15.6 Å². The van der Waals surface area contributed by atoms with Gasteiger partial charge in [0.25, 0.3) is 0 Å². The molecule has 1 aromatic rings. The average Bonchev–Trinajstić information content (AvgIpc) is 2.37. The van der Waals surface area contributed by atoms with E-state index in [1.165, 1.54) is 5.56 Å². The fourth-order valence-electron chi connectivity index (χ4n) is 1.00. The van der Waals surface area contributed by atoms with Crippen LogP contribution in [0.25, 0.3) is 0 Å². The second kappa shape index (κ2) is 4.16. The Morgan fingerprint density at radius 2 is 2.45 bits per heavy atom. The van der Waals surface area contributed by atoms with Crippen molar-refractivity contribution in [3.8, 4) is 0 Å². The van der Waals surface area contributed by atoms with Gasteiger partial charge in [-0.25, -0.2) is 0 Å². The molecule has 3 nitrogen and oxygen atoms in total. The molecule has 0 aliphatic carbocycles. The molecule has 62 valence electrons. The normalized spacial score (nSPS) is 10.4. The summed E-state index contributed by atoms with van der Waals surface area (Å²) in [4.78, 5) is 0. The minimum Gasteiger partial charge on any atom is -0.357 e. The molecule has 0 atom stereocenters. The van der Waals surface area contributed by atoms with Crippen molar-refractivity contribution >= 4 is 0 Å². The largest absolute Gasteiger partial charge is 0.357 e. The molecular weight excluding hydrogens is 138 g/mol. The molecule has 0 fully saturated rings. The van der Waals surface area contributed by atoms with Crippen LogP contribution in [0.15, 0.2) is 18.5 Å². The van der Waals surface area contributed by atoms with Crippen LogP contribution in [0.4, 0.5) is 0 Å². The number of rotatable bonds is 4. The van der Waals surface area contributed by atoms with Crippen LogP contribution in [0.2, 0.25) is 0 Å². The van der Waals surface area contributed by atoms with Crippen molar-refractivity contribution < 1.29 is 0 Å². The number of hydrogen-bond acceptors (Lipinski definition) is 2. The number of nitrogens with two attached hydrogens (primary N) is 1. The molecule has 0 radical (unpaired) electrons. The molecule has 1 aromatic heterocycles. The zero-order chi connectivity index (χ0) is 8.10. The van der Waals surface area contributed by atoms with Crippen molar-refractivity contribution in [1.82, 2.24) is 9.88 Å². The lowest BCUT2D eigenvalue weighted by atomic mass is 10.3. The lowest BCUT2D eigenvalue weighted by Crippen LogP contribution is -2.21. The van der Waals surface area contributed by atoms with Crippen LogP contribution in [0, 0.1) is 0 Å². The van der Waals surface area contributed by atoms with Gasteiger partial charge in [-0.2, -0.15) is 0 Å². The van der Waals surface area contributed by atoms with Gasteiger partial charge in [0.05, 0.1) is 0 Å². The zero-order valence-corrected chi connectivity index (χ0v) is 6.88. The standard InChI is InChI=1S/C8H15N3/c1-11-5-2-8(7-11)6-10-4-3-9/h2,5,7,10H,3-4,6,9H2,1H3. The average molecular weight is 153 g/mol. The summed E-state index contributed by atoms with van der Waals surface area (Å²) in [5.41, 5.74) is 6.64. The molecular formula is C8H15N3. The van der Waals surface area contributed by atoms with Crippen molar-refractivity contribution in [3.05, 3.63) is 24.0 Å². The summed E-state index contributed by atoms with van der Waals surface area (Å²) in [6, 6.07) is 2.10. The molecule has 0 saturated carbocycles. The lowest BCUT2D eigenvalue weighted by molar-refractivity contribution is 0.694. The summed E-state index contributed by atoms with van der Waals surface area (Å²) in [5.74, 6) is 0. The zero-order valence-electron chi connectivity index (χ0n) is 6.88. The quantitative estimate of drug-likeness (QED) is 0.601. The molecule has 0 amide bonds. The van der Waals surface area contributed by atoms with E-state index in [2.05, 4.69) is 17.6 Å². The van der Waals surface area contributed by atoms with Crippen LogP contribution in [-0.2, 0) is 13.6 Å². The van der Waals surface area contributed by atoms with Crippen LogP contribution in [0.1, 0.15) is 5.56 Å². The summed E-state index contributed by atoms with van der Waals surface area (Å²) >= 11 is 0. The Morgan fingerprint density at radius 1 is 1.64 bits per heavy atom. The molecule has 0 spiro atoms. The van der Waals surface area contributed by atoms with Gasteiger partial charge in [0.15, 0.2) is 0 Å². The molecule has 11 heavy (non-hydrogen) atoms. The topological polar surface area (TPSA) is 43.0 Å². The van der Waals surface area contributed by atoms with Crippen LogP contribution in [-0.4, -0.2) is 17.7 Å². The van der Waals surface area contributed by atoms with Gasteiger partial charge in [-0.1, -0.05) is 0 Å². The third-order valence-corrected chi connectivity index (χ3v) is 1.54. The van der Waals surface area contributed by atoms with Crippen molar-refractivity contribution in [3.63, 3.8) is 0 Å². The Balaban J connectivity index is 2.27. The minimum atomic E-state index is 0.701. The van der Waals surface area contributed by atoms with Crippen LogP contribution in [0.5, 0.6) is 0 Å². The smallest absolute Gasteiger partial charge is 0.0221 e. The second-order valence-electron chi connectivity index (χ2n) is 2.65. The molecule has 0 unspecified atom stereocenters. The number of aryl methyl sites for hydroxylation is 1. The molecule has 1 rings (SSSR count). The molecule has 1 heterocycles. The highest BCUT2D eigenvalue weighted by Gasteiger charge is 1.91. The maximum atomic E-state index is 5.33. The van der Waals surface area contributed by atoms with E-state index in [1.807, 2.05) is 17.8 Å². The summed E-state index contributed by atoms with van der Waals surface area (Å²) in [6.45, 7) is 2.50. The van der Waals surface area contributed by atoms with E-state index < -0.39 is 0 Å². The first-order valence-corrected chi connectivity index (χ1v) is 3.84. The summed E-state index contributed by atoms with van der Waals surface area (Å²) in [7, 11) is 2.02. The van der Waals surface area contributed by atoms with E-state index in [0.29, 0.717) is 6.54 Å². The number of aromatic nitrogens is 1. The fourth-order valence-corrected chi connectivity index (χ4v) is 1.00. The third-order valence-electron chi connectivity index (χ3n) is 1.54. The maximum absolute atomic E-state index is 5.33. The monoisotopic (exact) mass is 153 g/mol. The van der Waals surface area contributed by atoms with Crippen LogP contribution < -0.4 is 11.1 Å². The third kappa shape index (κ3) is 2.74. The van der Waals surface area contributed by atoms with Crippen molar-refractivity contribution in [2.45, 2.75) is 6.54 Å². The molecule has 3 N–H and O–H groups in total. The number of hydrogen-bond donors (Lipinski definition) is 2. The Morgan fingerprint density at radius 3 is 3.00 bits per heavy atom. The van der Waals surface area contributed by atoms with Crippen molar-refractivity contribution in [2.75, 3.05) is 13.1 Å². The van der Waals surface area contributed by atoms with Crippen molar-refractivity contribution in [2.24, 2.45) is 12.8 Å². The maximum Gasteiger partial charge on any atom is 0.0221 e. The van der Waals surface area contributed by atoms with Crippen molar-refractivity contribution in [1.29, 1.82) is 0 Å². The Kier molecular flexibility index (Phi) is 3.14. The Hall–Kier alpha value is -0.800. The van der Waals surface area contributed by atoms with Gasteiger partial charge in [-0.15, -0.1) is 0 Å². The van der Waals surface area contributed by atoms with E-state index in [1.54, 1.807) is 0 Å². The predicted molar refractivity (Wildman–Crippen MR) is 46.2 cm³/mol. The first-order valence-electron chi connectivity index (χ1n) is 3.84. The van der Waals surface area contributed by atoms with Crippen LogP contribution in [0.3, 0.4) is 0 Å². The van der Waals surface area contributed by atoms with Gasteiger partial charge >= 0.3 is 0 Å². The fraction of sp³-hybridized carbons (Fsp3) is 0.500. The van der Waals surface area contributed by atoms with Gasteiger partial charge in [-0.3, -0.25) is 0 Å². The Bertz CT molecular complexity index is 205. The molecule has 0 bridgehead atoms. The van der Waals surface area contributed by atoms with E-state index >= 15 is 0 Å². The first kappa shape index (κ1) is 8.30. The van der Waals surface area contributed by atoms with E-state index in [-0.39, 0.29) is 0 Å². The SMILES string of the molecule is Cn1ccc(CNCCN)c1. The summed E-state index contributed by atoms with van der Waals surface area (Å²) < 4.78 is 2.04. The summed E-state index contributed by atoms with van der Waals surface area (Å²) in [5, 5.41) is 3.23.